The van der Waals surface area contributed by atoms with E-state index in [2.05, 4.69) is 38.8 Å². The first-order chi connectivity index (χ1) is 10.4. The van der Waals surface area contributed by atoms with E-state index in [9.17, 15) is 0 Å². The molecule has 0 bridgehead atoms. The van der Waals surface area contributed by atoms with Gasteiger partial charge in [-0.15, -0.1) is 11.6 Å². The lowest BCUT2D eigenvalue weighted by molar-refractivity contribution is 0.986. The maximum atomic E-state index is 6.10. The summed E-state index contributed by atoms with van der Waals surface area (Å²) in [5, 5.41) is 1.10. The number of imidazole rings is 1. The minimum absolute atomic E-state index is 0.359. The molecule has 2 heterocycles. The highest BCUT2D eigenvalue weighted by atomic mass is 35.5. The van der Waals surface area contributed by atoms with Crippen LogP contribution < -0.4 is 0 Å². The van der Waals surface area contributed by atoms with Crippen molar-refractivity contribution in [1.82, 2.24) is 14.5 Å². The van der Waals surface area contributed by atoms with Crippen molar-refractivity contribution < 1.29 is 0 Å². The van der Waals surface area contributed by atoms with E-state index in [-0.39, 0.29) is 0 Å². The molecule has 0 aliphatic rings. The van der Waals surface area contributed by atoms with Crippen LogP contribution in [0, 0.1) is 0 Å². The highest BCUT2D eigenvalue weighted by Crippen LogP contribution is 2.27. The zero-order valence-corrected chi connectivity index (χ0v) is 12.0. The molecule has 0 saturated heterocycles. The Hall–Kier alpha value is -2.39. The van der Waals surface area contributed by atoms with Gasteiger partial charge in [-0.05, 0) is 24.3 Å². The normalized spacial score (nSPS) is 11.3. The van der Waals surface area contributed by atoms with Crippen molar-refractivity contribution in [3.8, 4) is 5.69 Å². The van der Waals surface area contributed by atoms with Crippen molar-refractivity contribution in [2.45, 2.75) is 5.88 Å². The highest BCUT2D eigenvalue weighted by Gasteiger charge is 2.13. The second-order valence-electron chi connectivity index (χ2n) is 4.84. The Morgan fingerprint density at radius 1 is 0.952 bits per heavy atom. The van der Waals surface area contributed by atoms with Gasteiger partial charge in [0.1, 0.15) is 5.82 Å². The van der Waals surface area contributed by atoms with Crippen molar-refractivity contribution >= 4 is 33.5 Å². The summed E-state index contributed by atoms with van der Waals surface area (Å²) in [5.74, 6) is 1.19. The fraction of sp³-hybridized carbons (Fsp3) is 0.0588. The second-order valence-corrected chi connectivity index (χ2v) is 5.11. The van der Waals surface area contributed by atoms with Gasteiger partial charge in [0.15, 0.2) is 0 Å². The maximum Gasteiger partial charge on any atom is 0.129 e. The monoisotopic (exact) mass is 293 g/mol. The number of aromatic nitrogens is 3. The molecule has 0 atom stereocenters. The van der Waals surface area contributed by atoms with E-state index in [1.165, 1.54) is 0 Å². The Morgan fingerprint density at radius 3 is 2.71 bits per heavy atom. The quantitative estimate of drug-likeness (QED) is 0.516. The Morgan fingerprint density at radius 2 is 1.81 bits per heavy atom. The first-order valence-electron chi connectivity index (χ1n) is 6.75. The molecule has 4 rings (SSSR count). The predicted molar refractivity (Wildman–Crippen MR) is 85.9 cm³/mol. The Balaban J connectivity index is 2.13. The Kier molecular flexibility index (Phi) is 2.86. The summed E-state index contributed by atoms with van der Waals surface area (Å²) in [6, 6.07) is 18.2. The molecule has 2 aromatic heterocycles. The highest BCUT2D eigenvalue weighted by molar-refractivity contribution is 6.17. The lowest BCUT2D eigenvalue weighted by Gasteiger charge is -2.10. The molecule has 0 N–H and O–H groups in total. The van der Waals surface area contributed by atoms with Crippen molar-refractivity contribution in [2.75, 3.05) is 0 Å². The van der Waals surface area contributed by atoms with Gasteiger partial charge < -0.3 is 0 Å². The standard InChI is InChI=1S/C17H12ClN3/c18-11-16-20-13-7-1-2-8-14(13)21(16)15-9-3-5-12-6-4-10-19-17(12)15/h1-10H,11H2. The lowest BCUT2D eigenvalue weighted by Crippen LogP contribution is -2.01. The average molecular weight is 294 g/mol. The van der Waals surface area contributed by atoms with Crippen molar-refractivity contribution in [3.05, 3.63) is 66.6 Å². The van der Waals surface area contributed by atoms with Crippen molar-refractivity contribution in [3.63, 3.8) is 0 Å². The zero-order valence-electron chi connectivity index (χ0n) is 11.2. The molecule has 0 aliphatic heterocycles. The molecule has 4 heteroatoms. The summed E-state index contributed by atoms with van der Waals surface area (Å²) >= 11 is 6.10. The average Bonchev–Trinajstić information content (AvgIpc) is 2.92. The number of benzene rings is 2. The number of nitrogens with zero attached hydrogens (tertiary/aromatic N) is 3. The van der Waals surface area contributed by atoms with Crippen LogP contribution in [0.25, 0.3) is 27.6 Å². The SMILES string of the molecule is ClCc1nc2ccccc2n1-c1cccc2cccnc12. The maximum absolute atomic E-state index is 6.10. The van der Waals surface area contributed by atoms with Crippen LogP contribution >= 0.6 is 11.6 Å². The molecular weight excluding hydrogens is 282 g/mol. The molecule has 4 aromatic rings. The molecule has 0 fully saturated rings. The molecule has 3 nitrogen and oxygen atoms in total. The topological polar surface area (TPSA) is 30.7 Å². The molecule has 0 amide bonds. The number of pyridine rings is 1. The van der Waals surface area contributed by atoms with E-state index < -0.39 is 0 Å². The third-order valence-electron chi connectivity index (χ3n) is 3.60. The summed E-state index contributed by atoms with van der Waals surface area (Å²) in [6.45, 7) is 0. The molecular formula is C17H12ClN3. The lowest BCUT2D eigenvalue weighted by atomic mass is 10.2. The third kappa shape index (κ3) is 1.89. The predicted octanol–water partition coefficient (Wildman–Crippen LogP) is 4.31. The van der Waals surface area contributed by atoms with Gasteiger partial charge in [-0.1, -0.05) is 30.3 Å². The van der Waals surface area contributed by atoms with Crippen LogP contribution in [0.15, 0.2) is 60.8 Å². The smallest absolute Gasteiger partial charge is 0.129 e. The van der Waals surface area contributed by atoms with Crippen LogP contribution in [0.2, 0.25) is 0 Å². The summed E-state index contributed by atoms with van der Waals surface area (Å²) in [7, 11) is 0. The van der Waals surface area contributed by atoms with Gasteiger partial charge in [0, 0.05) is 11.6 Å². The molecule has 21 heavy (non-hydrogen) atoms. The summed E-state index contributed by atoms with van der Waals surface area (Å²) in [6.07, 6.45) is 1.81. The Bertz CT molecular complexity index is 938. The molecule has 102 valence electrons. The van der Waals surface area contributed by atoms with Crippen LogP contribution in [0.5, 0.6) is 0 Å². The minimum Gasteiger partial charge on any atom is -0.293 e. The molecule has 0 radical (unpaired) electrons. The molecule has 2 aromatic carbocycles. The van der Waals surface area contributed by atoms with Crippen LogP contribution in [-0.2, 0) is 5.88 Å². The summed E-state index contributed by atoms with van der Waals surface area (Å²) in [4.78, 5) is 9.15. The number of hydrogen-bond acceptors (Lipinski definition) is 2. The van der Waals surface area contributed by atoms with Crippen molar-refractivity contribution in [1.29, 1.82) is 0 Å². The number of para-hydroxylation sites is 3. The first-order valence-corrected chi connectivity index (χ1v) is 7.28. The number of rotatable bonds is 2. The van der Waals surface area contributed by atoms with E-state index in [4.69, 9.17) is 11.6 Å². The van der Waals surface area contributed by atoms with Gasteiger partial charge in [-0.25, -0.2) is 4.98 Å². The number of alkyl halides is 1. The largest absolute Gasteiger partial charge is 0.293 e. The van der Waals surface area contributed by atoms with E-state index in [1.54, 1.807) is 0 Å². The fourth-order valence-electron chi connectivity index (χ4n) is 2.70. The van der Waals surface area contributed by atoms with Gasteiger partial charge in [0.2, 0.25) is 0 Å². The van der Waals surface area contributed by atoms with Gasteiger partial charge in [-0.3, -0.25) is 9.55 Å². The van der Waals surface area contributed by atoms with Crippen LogP contribution in [-0.4, -0.2) is 14.5 Å². The number of halogens is 1. The van der Waals surface area contributed by atoms with E-state index in [0.29, 0.717) is 5.88 Å². The van der Waals surface area contributed by atoms with Crippen LogP contribution in [0.4, 0.5) is 0 Å². The molecule has 0 unspecified atom stereocenters. The van der Waals surface area contributed by atoms with Crippen LogP contribution in [0.3, 0.4) is 0 Å². The van der Waals surface area contributed by atoms with Gasteiger partial charge in [-0.2, -0.15) is 0 Å². The molecule has 0 saturated carbocycles. The second kappa shape index (κ2) is 4.86. The molecule has 0 aliphatic carbocycles. The summed E-state index contributed by atoms with van der Waals surface area (Å²) < 4.78 is 2.09. The van der Waals surface area contributed by atoms with Gasteiger partial charge in [0.05, 0.1) is 28.1 Å². The van der Waals surface area contributed by atoms with Crippen molar-refractivity contribution in [2.24, 2.45) is 0 Å². The summed E-state index contributed by atoms with van der Waals surface area (Å²) in [5.41, 5.74) is 3.96. The Labute approximate surface area is 126 Å². The van der Waals surface area contributed by atoms with E-state index in [0.717, 1.165) is 33.4 Å². The minimum atomic E-state index is 0.359. The number of fused-ring (bicyclic) bond motifs is 2. The van der Waals surface area contributed by atoms with Gasteiger partial charge in [0.25, 0.3) is 0 Å². The van der Waals surface area contributed by atoms with E-state index in [1.807, 2.05) is 36.5 Å². The molecule has 0 spiro atoms. The van der Waals surface area contributed by atoms with Crippen LogP contribution in [0.1, 0.15) is 5.82 Å². The van der Waals surface area contributed by atoms with Gasteiger partial charge >= 0.3 is 0 Å². The third-order valence-corrected chi connectivity index (χ3v) is 3.84. The first kappa shape index (κ1) is 12.4. The number of hydrogen-bond donors (Lipinski definition) is 0. The zero-order chi connectivity index (χ0) is 14.2. The fourth-order valence-corrected chi connectivity index (χ4v) is 2.88. The van der Waals surface area contributed by atoms with E-state index >= 15 is 0 Å².